The topological polar surface area (TPSA) is 84.9 Å². The van der Waals surface area contributed by atoms with Crippen LogP contribution in [0.1, 0.15) is 24.8 Å². The summed E-state index contributed by atoms with van der Waals surface area (Å²) < 4.78 is 37.8. The van der Waals surface area contributed by atoms with E-state index in [9.17, 15) is 13.2 Å². The second-order valence-electron chi connectivity index (χ2n) is 6.90. The van der Waals surface area contributed by atoms with E-state index in [-0.39, 0.29) is 17.2 Å². The van der Waals surface area contributed by atoms with E-state index in [1.807, 2.05) is 12.1 Å². The third-order valence-corrected chi connectivity index (χ3v) is 6.82. The molecule has 0 atom stereocenters. The predicted octanol–water partition coefficient (Wildman–Crippen LogP) is 3.06. The van der Waals surface area contributed by atoms with Crippen LogP contribution in [0.5, 0.6) is 11.5 Å². The molecule has 156 valence electrons. The summed E-state index contributed by atoms with van der Waals surface area (Å²) >= 11 is 0. The van der Waals surface area contributed by atoms with Crippen molar-refractivity contribution in [3.8, 4) is 11.5 Å². The summed E-state index contributed by atoms with van der Waals surface area (Å²) in [6, 6.07) is 11.8. The number of carbonyl (C=O) groups is 1. The standard InChI is InChI=1S/C21H26N2O5S/c1-27-17-8-6-16(7-9-17)14-21(24)22-19-15-18(10-11-20(19)28-2)29(25,26)23-12-4-3-5-13-23/h6-11,15H,3-5,12-14H2,1-2H3,(H,22,24). The van der Waals surface area contributed by atoms with Crippen molar-refractivity contribution in [1.29, 1.82) is 0 Å². The Bertz CT molecular complexity index is 952. The fourth-order valence-corrected chi connectivity index (χ4v) is 4.87. The maximum Gasteiger partial charge on any atom is 0.243 e. The number of piperidine rings is 1. The summed E-state index contributed by atoms with van der Waals surface area (Å²) in [6.07, 6.45) is 2.92. The first-order valence-corrected chi connectivity index (χ1v) is 11.0. The van der Waals surface area contributed by atoms with Crippen molar-refractivity contribution in [3.05, 3.63) is 48.0 Å². The Morgan fingerprint density at radius 3 is 2.31 bits per heavy atom. The van der Waals surface area contributed by atoms with Gasteiger partial charge in [-0.2, -0.15) is 4.31 Å². The summed E-state index contributed by atoms with van der Waals surface area (Å²) in [6.45, 7) is 1.04. The van der Waals surface area contributed by atoms with Crippen LogP contribution in [0.4, 0.5) is 5.69 Å². The van der Waals surface area contributed by atoms with Gasteiger partial charge in [0.25, 0.3) is 0 Å². The molecule has 1 N–H and O–H groups in total. The molecule has 1 aliphatic heterocycles. The quantitative estimate of drug-likeness (QED) is 0.747. The zero-order chi connectivity index (χ0) is 20.9. The zero-order valence-corrected chi connectivity index (χ0v) is 17.5. The van der Waals surface area contributed by atoms with E-state index in [1.54, 1.807) is 25.3 Å². The van der Waals surface area contributed by atoms with Gasteiger partial charge in [-0.3, -0.25) is 4.79 Å². The van der Waals surface area contributed by atoms with Gasteiger partial charge in [0.2, 0.25) is 15.9 Å². The first kappa shape index (κ1) is 21.1. The molecular weight excluding hydrogens is 392 g/mol. The fraction of sp³-hybridized carbons (Fsp3) is 0.381. The van der Waals surface area contributed by atoms with E-state index in [2.05, 4.69) is 5.32 Å². The minimum atomic E-state index is -3.60. The second-order valence-corrected chi connectivity index (χ2v) is 8.84. The summed E-state index contributed by atoms with van der Waals surface area (Å²) in [4.78, 5) is 12.7. The first-order valence-electron chi connectivity index (χ1n) is 9.55. The lowest BCUT2D eigenvalue weighted by Gasteiger charge is -2.26. The SMILES string of the molecule is COc1ccc(CC(=O)Nc2cc(S(=O)(=O)N3CCCCC3)ccc2OC)cc1. The van der Waals surface area contributed by atoms with Gasteiger partial charge in [0.15, 0.2) is 0 Å². The molecule has 29 heavy (non-hydrogen) atoms. The van der Waals surface area contributed by atoms with E-state index in [1.165, 1.54) is 23.5 Å². The Morgan fingerprint density at radius 1 is 1.00 bits per heavy atom. The first-order chi connectivity index (χ1) is 13.9. The van der Waals surface area contributed by atoms with E-state index >= 15 is 0 Å². The molecule has 2 aromatic carbocycles. The van der Waals surface area contributed by atoms with Crippen LogP contribution in [-0.2, 0) is 21.2 Å². The third kappa shape index (κ3) is 5.07. The minimum Gasteiger partial charge on any atom is -0.497 e. The van der Waals surface area contributed by atoms with E-state index < -0.39 is 10.0 Å². The number of hydrogen-bond acceptors (Lipinski definition) is 5. The summed E-state index contributed by atoms with van der Waals surface area (Å²) in [5.41, 5.74) is 1.16. The fourth-order valence-electron chi connectivity index (χ4n) is 3.32. The molecule has 2 aromatic rings. The molecule has 1 saturated heterocycles. The lowest BCUT2D eigenvalue weighted by molar-refractivity contribution is -0.115. The van der Waals surface area contributed by atoms with Gasteiger partial charge in [-0.05, 0) is 48.7 Å². The van der Waals surface area contributed by atoms with Crippen LogP contribution in [0.15, 0.2) is 47.4 Å². The van der Waals surface area contributed by atoms with Gasteiger partial charge in [-0.15, -0.1) is 0 Å². The normalized spacial score (nSPS) is 15.0. The van der Waals surface area contributed by atoms with Crippen molar-refractivity contribution < 1.29 is 22.7 Å². The molecule has 8 heteroatoms. The molecule has 0 radical (unpaired) electrons. The third-order valence-electron chi connectivity index (χ3n) is 4.92. The molecule has 0 spiro atoms. The molecular formula is C21H26N2O5S. The van der Waals surface area contributed by atoms with Crippen molar-refractivity contribution in [1.82, 2.24) is 4.31 Å². The number of nitrogens with one attached hydrogen (secondary N) is 1. The number of nitrogens with zero attached hydrogens (tertiary/aromatic N) is 1. The molecule has 1 fully saturated rings. The van der Waals surface area contributed by atoms with Gasteiger partial charge >= 0.3 is 0 Å². The molecule has 0 saturated carbocycles. The lowest BCUT2D eigenvalue weighted by Crippen LogP contribution is -2.35. The molecule has 0 aromatic heterocycles. The average molecular weight is 419 g/mol. The van der Waals surface area contributed by atoms with E-state index in [0.29, 0.717) is 30.3 Å². The van der Waals surface area contributed by atoms with Gasteiger partial charge in [0.1, 0.15) is 11.5 Å². The number of ether oxygens (including phenoxy) is 2. The Balaban J connectivity index is 1.78. The maximum atomic E-state index is 12.9. The summed E-state index contributed by atoms with van der Waals surface area (Å²) in [5, 5.41) is 2.78. The highest BCUT2D eigenvalue weighted by atomic mass is 32.2. The number of hydrogen-bond donors (Lipinski definition) is 1. The smallest absolute Gasteiger partial charge is 0.243 e. The lowest BCUT2D eigenvalue weighted by atomic mass is 10.1. The molecule has 1 aliphatic rings. The van der Waals surface area contributed by atoms with Crippen LogP contribution in [-0.4, -0.2) is 45.9 Å². The summed E-state index contributed by atoms with van der Waals surface area (Å²) in [5.74, 6) is 0.859. The molecule has 0 aliphatic carbocycles. The minimum absolute atomic E-state index is 0.149. The van der Waals surface area contributed by atoms with Crippen LogP contribution in [0, 0.1) is 0 Å². The van der Waals surface area contributed by atoms with Crippen molar-refractivity contribution >= 4 is 21.6 Å². The van der Waals surface area contributed by atoms with Crippen molar-refractivity contribution in [2.45, 2.75) is 30.6 Å². The number of amides is 1. The maximum absolute atomic E-state index is 12.9. The number of methoxy groups -OCH3 is 2. The highest BCUT2D eigenvalue weighted by molar-refractivity contribution is 7.89. The number of benzene rings is 2. The van der Waals surface area contributed by atoms with Crippen LogP contribution < -0.4 is 14.8 Å². The van der Waals surface area contributed by atoms with E-state index in [0.717, 1.165) is 24.8 Å². The average Bonchev–Trinajstić information content (AvgIpc) is 2.74. The molecule has 7 nitrogen and oxygen atoms in total. The highest BCUT2D eigenvalue weighted by Gasteiger charge is 2.27. The molecule has 0 bridgehead atoms. The summed E-state index contributed by atoms with van der Waals surface area (Å²) in [7, 11) is -0.538. The Labute approximate surface area is 171 Å². The molecule has 1 amide bonds. The number of sulfonamides is 1. The highest BCUT2D eigenvalue weighted by Crippen LogP contribution is 2.30. The Hall–Kier alpha value is -2.58. The van der Waals surface area contributed by atoms with Gasteiger partial charge in [-0.25, -0.2) is 8.42 Å². The molecule has 1 heterocycles. The Morgan fingerprint density at radius 2 is 1.69 bits per heavy atom. The second kappa shape index (κ2) is 9.28. The number of rotatable bonds is 7. The van der Waals surface area contributed by atoms with Crippen LogP contribution in [0.2, 0.25) is 0 Å². The Kier molecular flexibility index (Phi) is 6.76. The van der Waals surface area contributed by atoms with Crippen LogP contribution >= 0.6 is 0 Å². The monoisotopic (exact) mass is 418 g/mol. The van der Waals surface area contributed by atoms with Crippen LogP contribution in [0.3, 0.4) is 0 Å². The van der Waals surface area contributed by atoms with Gasteiger partial charge in [-0.1, -0.05) is 18.6 Å². The van der Waals surface area contributed by atoms with Crippen LogP contribution in [0.25, 0.3) is 0 Å². The molecule has 0 unspecified atom stereocenters. The van der Waals surface area contributed by atoms with Gasteiger partial charge in [0, 0.05) is 13.1 Å². The molecule has 3 rings (SSSR count). The number of carbonyl (C=O) groups excluding carboxylic acids is 1. The predicted molar refractivity (Wildman–Crippen MR) is 111 cm³/mol. The van der Waals surface area contributed by atoms with Gasteiger partial charge in [0.05, 0.1) is 31.2 Å². The number of anilines is 1. The largest absolute Gasteiger partial charge is 0.497 e. The van der Waals surface area contributed by atoms with Gasteiger partial charge < -0.3 is 14.8 Å². The van der Waals surface area contributed by atoms with E-state index in [4.69, 9.17) is 9.47 Å². The van der Waals surface area contributed by atoms with Crippen molar-refractivity contribution in [2.75, 3.05) is 32.6 Å². The van der Waals surface area contributed by atoms with Crippen molar-refractivity contribution in [2.24, 2.45) is 0 Å². The zero-order valence-electron chi connectivity index (χ0n) is 16.7. The van der Waals surface area contributed by atoms with Crippen molar-refractivity contribution in [3.63, 3.8) is 0 Å².